The van der Waals surface area contributed by atoms with Crippen molar-refractivity contribution in [3.05, 3.63) is 65.7 Å². The van der Waals surface area contributed by atoms with Crippen LogP contribution in [0.25, 0.3) is 0 Å². The third-order valence-electron chi connectivity index (χ3n) is 3.05. The third-order valence-corrected chi connectivity index (χ3v) is 3.05. The Hall–Kier alpha value is -2.33. The minimum atomic E-state index is -0.933. The average molecular weight is 272 g/mol. The monoisotopic (exact) mass is 272 g/mol. The lowest BCUT2D eigenvalue weighted by molar-refractivity contribution is -0.139. The molecule has 1 atom stereocenters. The number of hydrogen-bond acceptors (Lipinski definition) is 3. The predicted molar refractivity (Wildman–Crippen MR) is 74.7 cm³/mol. The number of aliphatic hydroxyl groups excluding tert-OH is 1. The van der Waals surface area contributed by atoms with E-state index in [-0.39, 0.29) is 13.2 Å². The summed E-state index contributed by atoms with van der Waals surface area (Å²) in [6.07, 6.45) is 0. The van der Waals surface area contributed by atoms with Crippen LogP contribution >= 0.6 is 0 Å². The van der Waals surface area contributed by atoms with Gasteiger partial charge < -0.3 is 14.9 Å². The van der Waals surface area contributed by atoms with Crippen molar-refractivity contribution < 1.29 is 19.7 Å². The van der Waals surface area contributed by atoms with Gasteiger partial charge in [0, 0.05) is 5.56 Å². The molecule has 0 radical (unpaired) electrons. The number of carboxylic acids is 1. The molecule has 4 heteroatoms. The van der Waals surface area contributed by atoms with Crippen LogP contribution in [0.3, 0.4) is 0 Å². The second-order valence-corrected chi connectivity index (χ2v) is 4.38. The van der Waals surface area contributed by atoms with Crippen molar-refractivity contribution in [2.75, 3.05) is 6.61 Å². The van der Waals surface area contributed by atoms with E-state index in [2.05, 4.69) is 0 Å². The Kier molecular flexibility index (Phi) is 4.74. The van der Waals surface area contributed by atoms with Gasteiger partial charge in [0.1, 0.15) is 18.3 Å². The Bertz CT molecular complexity index is 566. The highest BCUT2D eigenvalue weighted by Crippen LogP contribution is 2.22. The number of aliphatic hydroxyl groups is 1. The summed E-state index contributed by atoms with van der Waals surface area (Å²) in [5.74, 6) is -1.15. The summed E-state index contributed by atoms with van der Waals surface area (Å²) in [6, 6.07) is 16.0. The fraction of sp³-hybridized carbons (Fsp3) is 0.188. The highest BCUT2D eigenvalue weighted by atomic mass is 16.5. The van der Waals surface area contributed by atoms with Gasteiger partial charge in [0.25, 0.3) is 0 Å². The van der Waals surface area contributed by atoms with Crippen LogP contribution in [0.5, 0.6) is 5.75 Å². The van der Waals surface area contributed by atoms with Crippen molar-refractivity contribution in [3.8, 4) is 5.75 Å². The molecule has 20 heavy (non-hydrogen) atoms. The van der Waals surface area contributed by atoms with Gasteiger partial charge in [0.15, 0.2) is 0 Å². The maximum absolute atomic E-state index is 11.3. The first-order valence-corrected chi connectivity index (χ1v) is 6.31. The Morgan fingerprint density at radius 3 is 2.35 bits per heavy atom. The smallest absolute Gasteiger partial charge is 0.314 e. The molecule has 0 saturated heterocycles. The summed E-state index contributed by atoms with van der Waals surface area (Å²) < 4.78 is 5.57. The van der Waals surface area contributed by atoms with Gasteiger partial charge in [-0.15, -0.1) is 0 Å². The lowest BCUT2D eigenvalue weighted by atomic mass is 10.0. The van der Waals surface area contributed by atoms with E-state index in [9.17, 15) is 15.0 Å². The number of para-hydroxylation sites is 1. The van der Waals surface area contributed by atoms with E-state index in [0.29, 0.717) is 16.9 Å². The standard InChI is InChI=1S/C16H16O4/c17-10-13-8-4-5-9-15(13)20-11-14(16(18)19)12-6-2-1-3-7-12/h1-9,14,17H,10-11H2,(H,18,19). The number of carboxylic acid groups (broad SMARTS) is 1. The quantitative estimate of drug-likeness (QED) is 0.847. The van der Waals surface area contributed by atoms with Gasteiger partial charge in [0.2, 0.25) is 0 Å². The molecule has 4 nitrogen and oxygen atoms in total. The summed E-state index contributed by atoms with van der Waals surface area (Å²) in [5, 5.41) is 18.5. The van der Waals surface area contributed by atoms with E-state index in [1.807, 2.05) is 6.07 Å². The fourth-order valence-corrected chi connectivity index (χ4v) is 1.94. The topological polar surface area (TPSA) is 66.8 Å². The summed E-state index contributed by atoms with van der Waals surface area (Å²) in [6.45, 7) is -0.115. The van der Waals surface area contributed by atoms with Gasteiger partial charge >= 0.3 is 5.97 Å². The summed E-state index contributed by atoms with van der Waals surface area (Å²) >= 11 is 0. The number of ether oxygens (including phenoxy) is 1. The summed E-state index contributed by atoms with van der Waals surface area (Å²) in [5.41, 5.74) is 1.34. The number of aliphatic carboxylic acids is 1. The highest BCUT2D eigenvalue weighted by Gasteiger charge is 2.20. The minimum absolute atomic E-state index is 0.0242. The van der Waals surface area contributed by atoms with Gasteiger partial charge in [-0.3, -0.25) is 4.79 Å². The van der Waals surface area contributed by atoms with Gasteiger partial charge in [-0.25, -0.2) is 0 Å². The van der Waals surface area contributed by atoms with Gasteiger partial charge in [-0.2, -0.15) is 0 Å². The molecule has 0 spiro atoms. The van der Waals surface area contributed by atoms with E-state index in [1.54, 1.807) is 48.5 Å². The molecule has 0 saturated carbocycles. The van der Waals surface area contributed by atoms with E-state index >= 15 is 0 Å². The molecule has 2 aromatic carbocycles. The van der Waals surface area contributed by atoms with Crippen molar-refractivity contribution in [3.63, 3.8) is 0 Å². The molecule has 0 bridgehead atoms. The zero-order valence-corrected chi connectivity index (χ0v) is 10.9. The zero-order valence-electron chi connectivity index (χ0n) is 10.9. The van der Waals surface area contributed by atoms with Crippen molar-refractivity contribution in [2.24, 2.45) is 0 Å². The Balaban J connectivity index is 2.12. The van der Waals surface area contributed by atoms with Crippen molar-refractivity contribution in [2.45, 2.75) is 12.5 Å². The molecule has 0 amide bonds. The van der Waals surface area contributed by atoms with Gasteiger partial charge in [0.05, 0.1) is 6.61 Å². The van der Waals surface area contributed by atoms with Crippen LogP contribution in [0.15, 0.2) is 54.6 Å². The molecular formula is C16H16O4. The zero-order chi connectivity index (χ0) is 14.4. The molecule has 0 aliphatic heterocycles. The molecular weight excluding hydrogens is 256 g/mol. The van der Waals surface area contributed by atoms with Crippen LogP contribution in [0.2, 0.25) is 0 Å². The van der Waals surface area contributed by atoms with Crippen LogP contribution in [0.4, 0.5) is 0 Å². The lowest BCUT2D eigenvalue weighted by Gasteiger charge is -2.15. The number of carbonyl (C=O) groups is 1. The van der Waals surface area contributed by atoms with Crippen LogP contribution in [0, 0.1) is 0 Å². The molecule has 0 aliphatic rings. The molecule has 0 aromatic heterocycles. The first kappa shape index (κ1) is 14.1. The molecule has 2 N–H and O–H groups in total. The van der Waals surface area contributed by atoms with Crippen LogP contribution < -0.4 is 4.74 Å². The highest BCUT2D eigenvalue weighted by molar-refractivity contribution is 5.76. The van der Waals surface area contributed by atoms with E-state index < -0.39 is 11.9 Å². The van der Waals surface area contributed by atoms with Gasteiger partial charge in [-0.1, -0.05) is 48.5 Å². The first-order chi connectivity index (χ1) is 9.72. The van der Waals surface area contributed by atoms with Crippen LogP contribution in [-0.4, -0.2) is 22.8 Å². The SMILES string of the molecule is O=C(O)C(COc1ccccc1CO)c1ccccc1. The molecule has 2 rings (SSSR count). The molecule has 0 fully saturated rings. The van der Waals surface area contributed by atoms with Crippen LogP contribution in [0.1, 0.15) is 17.0 Å². The van der Waals surface area contributed by atoms with Gasteiger partial charge in [-0.05, 0) is 11.6 Å². The van der Waals surface area contributed by atoms with Crippen LogP contribution in [-0.2, 0) is 11.4 Å². The first-order valence-electron chi connectivity index (χ1n) is 6.31. The van der Waals surface area contributed by atoms with Crippen molar-refractivity contribution in [1.82, 2.24) is 0 Å². The molecule has 0 heterocycles. The second kappa shape index (κ2) is 6.73. The maximum atomic E-state index is 11.3. The molecule has 1 unspecified atom stereocenters. The average Bonchev–Trinajstić information content (AvgIpc) is 2.48. The van der Waals surface area contributed by atoms with Crippen molar-refractivity contribution in [1.29, 1.82) is 0 Å². The number of benzene rings is 2. The minimum Gasteiger partial charge on any atom is -0.492 e. The van der Waals surface area contributed by atoms with E-state index in [4.69, 9.17) is 4.74 Å². The van der Waals surface area contributed by atoms with Crippen molar-refractivity contribution >= 4 is 5.97 Å². The molecule has 2 aromatic rings. The fourth-order valence-electron chi connectivity index (χ4n) is 1.94. The summed E-state index contributed by atoms with van der Waals surface area (Å²) in [4.78, 5) is 11.3. The Morgan fingerprint density at radius 1 is 1.05 bits per heavy atom. The van der Waals surface area contributed by atoms with E-state index in [1.165, 1.54) is 0 Å². The molecule has 104 valence electrons. The predicted octanol–water partition coefficient (Wildman–Crippen LogP) is 2.43. The Morgan fingerprint density at radius 2 is 1.70 bits per heavy atom. The number of hydrogen-bond donors (Lipinski definition) is 2. The Labute approximate surface area is 117 Å². The normalized spacial score (nSPS) is 11.8. The lowest BCUT2D eigenvalue weighted by Crippen LogP contribution is -2.19. The maximum Gasteiger partial charge on any atom is 0.314 e. The second-order valence-electron chi connectivity index (χ2n) is 4.38. The number of rotatable bonds is 6. The van der Waals surface area contributed by atoms with E-state index in [0.717, 1.165) is 0 Å². The molecule has 0 aliphatic carbocycles. The summed E-state index contributed by atoms with van der Waals surface area (Å²) in [7, 11) is 0. The third kappa shape index (κ3) is 3.36. The largest absolute Gasteiger partial charge is 0.492 e.